The average Bonchev–Trinajstić information content (AvgIpc) is 1.90. The van der Waals surface area contributed by atoms with Crippen LogP contribution < -0.4 is 0 Å². The molecule has 0 atom stereocenters. The van der Waals surface area contributed by atoms with Crippen LogP contribution in [0.3, 0.4) is 0 Å². The van der Waals surface area contributed by atoms with E-state index in [4.69, 9.17) is 30.4 Å². The van der Waals surface area contributed by atoms with Gasteiger partial charge in [-0.05, 0) is 0 Å². The number of hydrogen-bond donors (Lipinski definition) is 0. The molecule has 0 radical (unpaired) electrons. The molecule has 0 aliphatic carbocycles. The van der Waals surface area contributed by atoms with Crippen LogP contribution in [0.2, 0.25) is 0 Å². The summed E-state index contributed by atoms with van der Waals surface area (Å²) in [4.78, 5) is 0. The normalized spacial score (nSPS) is 14.9. The van der Waals surface area contributed by atoms with Crippen LogP contribution in [-0.4, -0.2) is 6.54 Å². The molecule has 1 nitrogen and oxygen atoms in total. The Balaban J connectivity index is 0.000000180. The van der Waals surface area contributed by atoms with E-state index in [0.717, 1.165) is 6.54 Å². The molecule has 1 aliphatic heterocycles. The van der Waals surface area contributed by atoms with Gasteiger partial charge in [0.05, 0.1) is 0 Å². The standard InChI is InChI=1S/C5H6N.3ClH.Co/c1-2-4-6-5-3-1;;;;/h1-4H,5H2;3*1H;/q-1;;;;+3/p-3. The number of allylic oxidation sites excluding steroid dienone is 2. The summed E-state index contributed by atoms with van der Waals surface area (Å²) in [5.74, 6) is 0. The Kier molecular flexibility index (Phi) is 8.27. The van der Waals surface area contributed by atoms with Gasteiger partial charge in [0.25, 0.3) is 0 Å². The summed E-state index contributed by atoms with van der Waals surface area (Å²) < 4.78 is 0. The van der Waals surface area contributed by atoms with E-state index < -0.39 is 10.9 Å². The van der Waals surface area contributed by atoms with Crippen LogP contribution in [0.4, 0.5) is 0 Å². The van der Waals surface area contributed by atoms with Crippen molar-refractivity contribution in [2.75, 3.05) is 6.54 Å². The van der Waals surface area contributed by atoms with Gasteiger partial charge in [-0.2, -0.15) is 6.20 Å². The van der Waals surface area contributed by atoms with Crippen molar-refractivity contribution in [3.05, 3.63) is 29.7 Å². The van der Waals surface area contributed by atoms with E-state index in [1.165, 1.54) is 0 Å². The Morgan fingerprint density at radius 3 is 1.90 bits per heavy atom. The SMILES string of the molecule is C1=CC[N-]C=C1.[Cl][Co]([Cl])[Cl]. The van der Waals surface area contributed by atoms with Crippen molar-refractivity contribution in [3.63, 3.8) is 0 Å². The van der Waals surface area contributed by atoms with Gasteiger partial charge in [0.15, 0.2) is 0 Å². The molecular formula is C5H6Cl3CoN-. The van der Waals surface area contributed by atoms with Crippen molar-refractivity contribution < 1.29 is 10.9 Å². The minimum atomic E-state index is -1.19. The average molecular weight is 245 g/mol. The predicted octanol–water partition coefficient (Wildman–Crippen LogP) is 3.51. The first-order valence-electron chi connectivity index (χ1n) is 2.36. The van der Waals surface area contributed by atoms with E-state index in [1.807, 2.05) is 18.2 Å². The molecule has 0 spiro atoms. The molecule has 0 fully saturated rings. The number of halogens is 3. The van der Waals surface area contributed by atoms with Gasteiger partial charge >= 0.3 is 41.4 Å². The number of rotatable bonds is 0. The molecule has 0 aromatic carbocycles. The summed E-state index contributed by atoms with van der Waals surface area (Å²) in [6.07, 6.45) is 7.73. The van der Waals surface area contributed by atoms with Crippen LogP contribution >= 0.6 is 30.4 Å². The van der Waals surface area contributed by atoms with Gasteiger partial charge in [-0.15, -0.1) is 12.6 Å². The van der Waals surface area contributed by atoms with Crippen molar-refractivity contribution in [2.45, 2.75) is 0 Å². The van der Waals surface area contributed by atoms with Crippen LogP contribution in [0.15, 0.2) is 24.4 Å². The Hall–Kier alpha value is 0.656. The van der Waals surface area contributed by atoms with Crippen LogP contribution in [0.1, 0.15) is 0 Å². The fourth-order valence-electron chi connectivity index (χ4n) is 0.372. The number of nitrogens with zero attached hydrogens (tertiary/aromatic N) is 1. The van der Waals surface area contributed by atoms with Crippen molar-refractivity contribution in [1.82, 2.24) is 0 Å². The van der Waals surface area contributed by atoms with Gasteiger partial charge in [-0.25, -0.2) is 0 Å². The summed E-state index contributed by atoms with van der Waals surface area (Å²) in [5.41, 5.74) is 0. The molecule has 0 amide bonds. The zero-order valence-corrected chi connectivity index (χ0v) is 8.24. The Labute approximate surface area is 77.5 Å². The van der Waals surface area contributed by atoms with E-state index in [9.17, 15) is 0 Å². The molecular weight excluding hydrogens is 239 g/mol. The van der Waals surface area contributed by atoms with Gasteiger partial charge < -0.3 is 5.32 Å². The molecule has 0 saturated heterocycles. The maximum absolute atomic E-state index is 4.87. The summed E-state index contributed by atoms with van der Waals surface area (Å²) in [5, 5.41) is 3.91. The fourth-order valence-corrected chi connectivity index (χ4v) is 0.372. The van der Waals surface area contributed by atoms with E-state index in [0.29, 0.717) is 0 Å². The molecule has 0 aromatic rings. The topological polar surface area (TPSA) is 14.1 Å². The summed E-state index contributed by atoms with van der Waals surface area (Å²) in [7, 11) is 13.4. The summed E-state index contributed by atoms with van der Waals surface area (Å²) >= 11 is 0. The van der Waals surface area contributed by atoms with Crippen molar-refractivity contribution in [3.8, 4) is 0 Å². The van der Waals surface area contributed by atoms with Gasteiger partial charge in [0.2, 0.25) is 0 Å². The molecule has 10 heavy (non-hydrogen) atoms. The summed E-state index contributed by atoms with van der Waals surface area (Å²) in [6.45, 7) is 0.858. The molecule has 0 N–H and O–H groups in total. The Morgan fingerprint density at radius 1 is 1.20 bits per heavy atom. The van der Waals surface area contributed by atoms with Crippen molar-refractivity contribution >= 4 is 30.4 Å². The molecule has 1 aliphatic rings. The second kappa shape index (κ2) is 7.76. The van der Waals surface area contributed by atoms with E-state index >= 15 is 0 Å². The first kappa shape index (κ1) is 10.7. The van der Waals surface area contributed by atoms with Crippen molar-refractivity contribution in [2.24, 2.45) is 0 Å². The van der Waals surface area contributed by atoms with E-state index in [2.05, 4.69) is 5.32 Å². The Morgan fingerprint density at radius 2 is 1.80 bits per heavy atom. The quantitative estimate of drug-likeness (QED) is 0.620. The molecule has 0 aromatic heterocycles. The Bertz CT molecular complexity index is 109. The third-order valence-electron chi connectivity index (χ3n) is 0.649. The van der Waals surface area contributed by atoms with E-state index in [-0.39, 0.29) is 0 Å². The van der Waals surface area contributed by atoms with Gasteiger partial charge in [0, 0.05) is 0 Å². The maximum atomic E-state index is 4.87. The second-order valence-electron chi connectivity index (χ2n) is 1.28. The molecule has 0 unspecified atom stereocenters. The third-order valence-corrected chi connectivity index (χ3v) is 0.649. The second-order valence-corrected chi connectivity index (χ2v) is 6.44. The molecule has 62 valence electrons. The monoisotopic (exact) mass is 244 g/mol. The third kappa shape index (κ3) is 11.5. The van der Waals surface area contributed by atoms with Gasteiger partial charge in [-0.1, -0.05) is 12.2 Å². The fraction of sp³-hybridized carbons (Fsp3) is 0.200. The predicted molar refractivity (Wildman–Crippen MR) is 44.1 cm³/mol. The minimum absolute atomic E-state index is 0.858. The number of hydrogen-bond acceptors (Lipinski definition) is 0. The van der Waals surface area contributed by atoms with Crippen molar-refractivity contribution in [1.29, 1.82) is 0 Å². The molecule has 1 rings (SSSR count). The molecule has 1 heterocycles. The molecule has 5 heteroatoms. The molecule has 0 bridgehead atoms. The van der Waals surface area contributed by atoms with E-state index in [1.54, 1.807) is 6.20 Å². The summed E-state index contributed by atoms with van der Waals surface area (Å²) in [6, 6.07) is 0. The van der Waals surface area contributed by atoms with Gasteiger partial charge in [0.1, 0.15) is 0 Å². The first-order chi connectivity index (χ1) is 4.73. The van der Waals surface area contributed by atoms with Crippen LogP contribution in [0.5, 0.6) is 0 Å². The van der Waals surface area contributed by atoms with Gasteiger partial charge in [-0.3, -0.25) is 0 Å². The van der Waals surface area contributed by atoms with Crippen LogP contribution in [-0.2, 0) is 10.9 Å². The first-order valence-corrected chi connectivity index (χ1v) is 6.66. The molecule has 0 saturated carbocycles. The zero-order valence-electron chi connectivity index (χ0n) is 4.93. The zero-order chi connectivity index (χ0) is 7.82. The van der Waals surface area contributed by atoms with Crippen LogP contribution in [0.25, 0.3) is 5.32 Å². The van der Waals surface area contributed by atoms with Crippen LogP contribution in [0, 0.1) is 0 Å².